The minimum absolute atomic E-state index is 0.00995. The maximum atomic E-state index is 12.6. The zero-order valence-electron chi connectivity index (χ0n) is 15.5. The van der Waals surface area contributed by atoms with Gasteiger partial charge in [-0.05, 0) is 31.0 Å². The van der Waals surface area contributed by atoms with Gasteiger partial charge in [0.25, 0.3) is 5.91 Å². The first kappa shape index (κ1) is 16.7. The maximum Gasteiger partial charge on any atom is 0.255 e. The summed E-state index contributed by atoms with van der Waals surface area (Å²) in [7, 11) is 2.08. The normalized spacial score (nSPS) is 17.8. The van der Waals surface area contributed by atoms with Crippen LogP contribution in [0.15, 0.2) is 36.9 Å². The summed E-state index contributed by atoms with van der Waals surface area (Å²) in [5.41, 5.74) is 1.93. The number of H-pyrrole nitrogens is 1. The molecule has 2 aliphatic rings. The first-order chi connectivity index (χ1) is 13.6. The predicted molar refractivity (Wildman–Crippen MR) is 103 cm³/mol. The van der Waals surface area contributed by atoms with E-state index in [2.05, 4.69) is 31.9 Å². The molecular formula is C20H19N7O. The molecule has 0 bridgehead atoms. The van der Waals surface area contributed by atoms with E-state index in [0.717, 1.165) is 42.8 Å². The highest BCUT2D eigenvalue weighted by molar-refractivity contribution is 5.94. The number of likely N-dealkylation sites (tertiary alicyclic amines) is 1. The van der Waals surface area contributed by atoms with E-state index in [9.17, 15) is 4.79 Å². The Kier molecular flexibility index (Phi) is 3.59. The number of rotatable bonds is 3. The second-order valence-electron chi connectivity index (χ2n) is 7.82. The van der Waals surface area contributed by atoms with Crippen molar-refractivity contribution < 1.29 is 4.79 Å². The average molecular weight is 373 g/mol. The molecule has 8 nitrogen and oxygen atoms in total. The second kappa shape index (κ2) is 6.02. The van der Waals surface area contributed by atoms with Gasteiger partial charge in [0.2, 0.25) is 0 Å². The topological polar surface area (TPSA) is 102 Å². The van der Waals surface area contributed by atoms with Crippen LogP contribution in [-0.4, -0.2) is 56.9 Å². The van der Waals surface area contributed by atoms with E-state index in [0.29, 0.717) is 17.3 Å². The number of hydrogen-bond acceptors (Lipinski definition) is 6. The third-order valence-corrected chi connectivity index (χ3v) is 6.02. The Hall–Kier alpha value is -3.47. The minimum atomic E-state index is -0.00995. The molecule has 0 radical (unpaired) electrons. The number of hydrogen-bond donors (Lipinski definition) is 1. The van der Waals surface area contributed by atoms with Crippen LogP contribution in [0.25, 0.3) is 11.0 Å². The average Bonchev–Trinajstić information content (AvgIpc) is 3.14. The van der Waals surface area contributed by atoms with Gasteiger partial charge in [0, 0.05) is 44.0 Å². The number of pyridine rings is 1. The number of carbonyl (C=O) groups is 1. The largest absolute Gasteiger partial charge is 0.356 e. The Balaban J connectivity index is 1.21. The molecule has 0 atom stereocenters. The molecule has 1 spiro atoms. The molecule has 1 saturated heterocycles. The van der Waals surface area contributed by atoms with Crippen LogP contribution in [0.3, 0.4) is 0 Å². The maximum absolute atomic E-state index is 12.6. The van der Waals surface area contributed by atoms with Crippen LogP contribution in [0.1, 0.15) is 28.9 Å². The Bertz CT molecular complexity index is 1080. The van der Waals surface area contributed by atoms with Gasteiger partial charge in [-0.25, -0.2) is 15.0 Å². The summed E-state index contributed by atoms with van der Waals surface area (Å²) in [6.07, 6.45) is 7.06. The van der Waals surface area contributed by atoms with Crippen molar-refractivity contribution in [2.75, 3.05) is 25.0 Å². The quantitative estimate of drug-likeness (QED) is 0.753. The SMILES string of the molecule is CN(c1ncnc2[nH]ccc12)C1CC2(C1)CN(C(=O)c1ccc(C#N)nc1)C2. The van der Waals surface area contributed by atoms with E-state index < -0.39 is 0 Å². The van der Waals surface area contributed by atoms with E-state index in [1.807, 2.05) is 23.2 Å². The summed E-state index contributed by atoms with van der Waals surface area (Å²) < 4.78 is 0. The Morgan fingerprint density at radius 3 is 2.82 bits per heavy atom. The molecule has 1 aliphatic heterocycles. The molecule has 8 heteroatoms. The minimum Gasteiger partial charge on any atom is -0.356 e. The van der Waals surface area contributed by atoms with Gasteiger partial charge in [0.1, 0.15) is 29.6 Å². The highest BCUT2D eigenvalue weighted by atomic mass is 16.2. The molecule has 1 N–H and O–H groups in total. The van der Waals surface area contributed by atoms with Crippen LogP contribution in [0.2, 0.25) is 0 Å². The van der Waals surface area contributed by atoms with Gasteiger partial charge in [-0.2, -0.15) is 5.26 Å². The fourth-order valence-corrected chi connectivity index (χ4v) is 4.46. The van der Waals surface area contributed by atoms with Gasteiger partial charge in [-0.1, -0.05) is 0 Å². The molecule has 4 heterocycles. The first-order valence-corrected chi connectivity index (χ1v) is 9.25. The first-order valence-electron chi connectivity index (χ1n) is 9.25. The predicted octanol–water partition coefficient (Wildman–Crippen LogP) is 1.97. The van der Waals surface area contributed by atoms with Crippen LogP contribution < -0.4 is 4.90 Å². The molecule has 1 amide bonds. The Morgan fingerprint density at radius 1 is 1.29 bits per heavy atom. The van der Waals surface area contributed by atoms with Gasteiger partial charge >= 0.3 is 0 Å². The molecule has 1 aliphatic carbocycles. The van der Waals surface area contributed by atoms with Crippen molar-refractivity contribution in [3.63, 3.8) is 0 Å². The van der Waals surface area contributed by atoms with Crippen molar-refractivity contribution in [1.82, 2.24) is 24.8 Å². The second-order valence-corrected chi connectivity index (χ2v) is 7.82. The number of fused-ring (bicyclic) bond motifs is 1. The summed E-state index contributed by atoms with van der Waals surface area (Å²) in [5.74, 6) is 0.936. The third-order valence-electron chi connectivity index (χ3n) is 6.02. The lowest BCUT2D eigenvalue weighted by Gasteiger charge is -2.60. The molecule has 3 aromatic heterocycles. The van der Waals surface area contributed by atoms with Gasteiger partial charge in [0.05, 0.1) is 10.9 Å². The molecule has 5 rings (SSSR count). The zero-order chi connectivity index (χ0) is 19.3. The fourth-order valence-electron chi connectivity index (χ4n) is 4.46. The van der Waals surface area contributed by atoms with Crippen molar-refractivity contribution in [1.29, 1.82) is 5.26 Å². The lowest BCUT2D eigenvalue weighted by Crippen LogP contribution is -2.67. The Morgan fingerprint density at radius 2 is 2.11 bits per heavy atom. The van der Waals surface area contributed by atoms with Gasteiger partial charge in [-0.3, -0.25) is 4.79 Å². The van der Waals surface area contributed by atoms with Crippen molar-refractivity contribution in [3.05, 3.63) is 48.2 Å². The smallest absolute Gasteiger partial charge is 0.255 e. The number of aromatic nitrogens is 4. The molecule has 2 fully saturated rings. The highest BCUT2D eigenvalue weighted by Crippen LogP contribution is 2.51. The van der Waals surface area contributed by atoms with Crippen LogP contribution in [-0.2, 0) is 0 Å². The number of aromatic amines is 1. The van der Waals surface area contributed by atoms with Crippen LogP contribution in [0.5, 0.6) is 0 Å². The summed E-state index contributed by atoms with van der Waals surface area (Å²) in [6.45, 7) is 1.55. The van der Waals surface area contributed by atoms with E-state index in [-0.39, 0.29) is 11.3 Å². The van der Waals surface area contributed by atoms with Gasteiger partial charge in [0.15, 0.2) is 0 Å². The lowest BCUT2D eigenvalue weighted by molar-refractivity contribution is -0.0541. The monoisotopic (exact) mass is 373 g/mol. The molecule has 1 saturated carbocycles. The summed E-state index contributed by atoms with van der Waals surface area (Å²) in [5, 5.41) is 9.85. The van der Waals surface area contributed by atoms with Crippen molar-refractivity contribution in [2.24, 2.45) is 5.41 Å². The molecule has 140 valence electrons. The third kappa shape index (κ3) is 2.51. The molecular weight excluding hydrogens is 354 g/mol. The molecule has 0 aromatic carbocycles. The summed E-state index contributed by atoms with van der Waals surface area (Å²) in [6, 6.07) is 7.65. The number of nitrogens with one attached hydrogen (secondary N) is 1. The Labute approximate surface area is 161 Å². The van der Waals surface area contributed by atoms with E-state index in [4.69, 9.17) is 5.26 Å². The fraction of sp³-hybridized carbons (Fsp3) is 0.350. The number of nitriles is 1. The van der Waals surface area contributed by atoms with E-state index in [1.54, 1.807) is 18.5 Å². The lowest BCUT2D eigenvalue weighted by atomic mass is 9.60. The van der Waals surface area contributed by atoms with Gasteiger partial charge < -0.3 is 14.8 Å². The summed E-state index contributed by atoms with van der Waals surface area (Å²) in [4.78, 5) is 32.5. The standard InChI is InChI=1S/C20H19N7O/c1-26(18-16-4-5-22-17(16)24-12-25-18)15-6-20(7-15)10-27(11-20)19(28)13-2-3-14(8-21)23-9-13/h2-5,9,12,15H,6-7,10-11H2,1H3,(H,22,24,25). The van der Waals surface area contributed by atoms with Crippen molar-refractivity contribution >= 4 is 22.8 Å². The van der Waals surface area contributed by atoms with Crippen LogP contribution in [0.4, 0.5) is 5.82 Å². The molecule has 0 unspecified atom stereocenters. The zero-order valence-corrected chi connectivity index (χ0v) is 15.5. The summed E-state index contributed by atoms with van der Waals surface area (Å²) >= 11 is 0. The van der Waals surface area contributed by atoms with Gasteiger partial charge in [-0.15, -0.1) is 0 Å². The number of nitrogens with zero attached hydrogens (tertiary/aromatic N) is 6. The van der Waals surface area contributed by atoms with Crippen molar-refractivity contribution in [3.8, 4) is 6.07 Å². The van der Waals surface area contributed by atoms with E-state index >= 15 is 0 Å². The highest BCUT2D eigenvalue weighted by Gasteiger charge is 2.55. The molecule has 28 heavy (non-hydrogen) atoms. The number of amides is 1. The van der Waals surface area contributed by atoms with Crippen molar-refractivity contribution in [2.45, 2.75) is 18.9 Å². The van der Waals surface area contributed by atoms with Crippen LogP contribution >= 0.6 is 0 Å². The van der Waals surface area contributed by atoms with E-state index in [1.165, 1.54) is 6.20 Å². The molecule has 3 aromatic rings. The number of anilines is 1. The van der Waals surface area contributed by atoms with Crippen LogP contribution in [0, 0.1) is 16.7 Å². The number of carbonyl (C=O) groups excluding carboxylic acids is 1.